The third-order valence-electron chi connectivity index (χ3n) is 3.41. The molecule has 1 aliphatic carbocycles. The van der Waals surface area contributed by atoms with E-state index in [1.54, 1.807) is 0 Å². The number of nitrogens with zero attached hydrogens (tertiary/aromatic N) is 2. The molecular weight excluding hydrogens is 224 g/mol. The van der Waals surface area contributed by atoms with Crippen LogP contribution in [0.15, 0.2) is 24.3 Å². The smallest absolute Gasteiger partial charge is 0.197 e. The molecule has 0 unspecified atom stereocenters. The Morgan fingerprint density at radius 1 is 1.11 bits per heavy atom. The zero-order valence-electron chi connectivity index (χ0n) is 11.1. The zero-order chi connectivity index (χ0) is 13.1. The van der Waals surface area contributed by atoms with Crippen molar-refractivity contribution in [2.24, 2.45) is 7.05 Å². The number of ketones is 1. The van der Waals surface area contributed by atoms with E-state index in [-0.39, 0.29) is 11.2 Å². The highest BCUT2D eigenvalue weighted by Gasteiger charge is 2.36. The van der Waals surface area contributed by atoms with Crippen molar-refractivity contribution in [1.29, 1.82) is 0 Å². The summed E-state index contributed by atoms with van der Waals surface area (Å²) in [6.45, 7) is 6.34. The summed E-state index contributed by atoms with van der Waals surface area (Å²) in [6.07, 6.45) is 0. The lowest BCUT2D eigenvalue weighted by Crippen LogP contribution is -2.20. The number of benzene rings is 1. The summed E-state index contributed by atoms with van der Waals surface area (Å²) in [4.78, 5) is 12.5. The second-order valence-corrected chi connectivity index (χ2v) is 5.82. The predicted molar refractivity (Wildman–Crippen MR) is 70.8 cm³/mol. The van der Waals surface area contributed by atoms with Gasteiger partial charge in [0.25, 0.3) is 0 Å². The number of hydrogen-bond donors (Lipinski definition) is 0. The van der Waals surface area contributed by atoms with Gasteiger partial charge in [0.05, 0.1) is 11.3 Å². The highest BCUT2D eigenvalue weighted by molar-refractivity contribution is 6.21. The van der Waals surface area contributed by atoms with Crippen molar-refractivity contribution in [3.63, 3.8) is 0 Å². The fourth-order valence-electron chi connectivity index (χ4n) is 2.81. The van der Waals surface area contributed by atoms with Crippen molar-refractivity contribution < 1.29 is 4.79 Å². The molecular formula is C15H16N2O. The van der Waals surface area contributed by atoms with Crippen LogP contribution in [0.5, 0.6) is 0 Å². The van der Waals surface area contributed by atoms with Gasteiger partial charge in [0, 0.05) is 23.6 Å². The fourth-order valence-corrected chi connectivity index (χ4v) is 2.81. The van der Waals surface area contributed by atoms with Crippen LogP contribution in [0.2, 0.25) is 0 Å². The molecule has 0 amide bonds. The van der Waals surface area contributed by atoms with Gasteiger partial charge in [0.15, 0.2) is 5.78 Å². The number of carbonyl (C=O) groups excluding carboxylic acids is 1. The molecule has 0 bridgehead atoms. The third-order valence-corrected chi connectivity index (χ3v) is 3.41. The van der Waals surface area contributed by atoms with Crippen LogP contribution in [0.1, 0.15) is 42.4 Å². The number of carbonyl (C=O) groups is 1. The molecule has 0 atom stereocenters. The molecule has 0 fully saturated rings. The van der Waals surface area contributed by atoms with Gasteiger partial charge in [-0.1, -0.05) is 45.0 Å². The van der Waals surface area contributed by atoms with Gasteiger partial charge in [-0.15, -0.1) is 0 Å². The molecule has 1 aromatic heterocycles. The summed E-state index contributed by atoms with van der Waals surface area (Å²) in [7, 11) is 1.91. The largest absolute Gasteiger partial charge is 0.288 e. The van der Waals surface area contributed by atoms with Crippen molar-refractivity contribution >= 4 is 5.78 Å². The maximum absolute atomic E-state index is 12.5. The lowest BCUT2D eigenvalue weighted by molar-refractivity contribution is 0.104. The second kappa shape index (κ2) is 3.31. The number of fused-ring (bicyclic) bond motifs is 3. The van der Waals surface area contributed by atoms with E-state index in [0.29, 0.717) is 0 Å². The highest BCUT2D eigenvalue weighted by Crippen LogP contribution is 2.40. The first-order chi connectivity index (χ1) is 8.41. The molecule has 2 aromatic rings. The minimum atomic E-state index is -0.0902. The molecule has 1 heterocycles. The molecule has 18 heavy (non-hydrogen) atoms. The first-order valence-electron chi connectivity index (χ1n) is 6.13. The van der Waals surface area contributed by atoms with E-state index in [1.807, 2.05) is 36.0 Å². The average molecular weight is 240 g/mol. The average Bonchev–Trinajstić information content (AvgIpc) is 2.75. The standard InChI is InChI=1S/C15H16N2O/c1-15(2,3)14-11-12(16-17(14)4)9-7-5-6-8-10(9)13(11)18/h5-8H,1-4H3. The minimum absolute atomic E-state index is 0.0902. The Balaban J connectivity index is 2.35. The first kappa shape index (κ1) is 11.2. The Kier molecular flexibility index (Phi) is 2.06. The normalized spacial score (nSPS) is 13.7. The monoisotopic (exact) mass is 240 g/mol. The lowest BCUT2D eigenvalue weighted by Gasteiger charge is -2.20. The van der Waals surface area contributed by atoms with Crippen molar-refractivity contribution in [3.05, 3.63) is 41.1 Å². The van der Waals surface area contributed by atoms with Gasteiger partial charge in [0.2, 0.25) is 0 Å². The van der Waals surface area contributed by atoms with E-state index in [0.717, 1.165) is 28.1 Å². The molecule has 0 saturated carbocycles. The van der Waals surface area contributed by atoms with E-state index in [1.165, 1.54) is 0 Å². The van der Waals surface area contributed by atoms with Crippen LogP contribution in [0.3, 0.4) is 0 Å². The molecule has 0 N–H and O–H groups in total. The minimum Gasteiger partial charge on any atom is -0.288 e. The third kappa shape index (κ3) is 1.30. The second-order valence-electron chi connectivity index (χ2n) is 5.82. The van der Waals surface area contributed by atoms with Crippen molar-refractivity contribution in [3.8, 4) is 11.3 Å². The van der Waals surface area contributed by atoms with Gasteiger partial charge in [-0.3, -0.25) is 9.48 Å². The summed E-state index contributed by atoms with van der Waals surface area (Å²) >= 11 is 0. The maximum atomic E-state index is 12.5. The molecule has 3 rings (SSSR count). The summed E-state index contributed by atoms with van der Waals surface area (Å²) in [5.74, 6) is 0.110. The van der Waals surface area contributed by atoms with E-state index >= 15 is 0 Å². The number of rotatable bonds is 0. The van der Waals surface area contributed by atoms with Crippen LogP contribution < -0.4 is 0 Å². The van der Waals surface area contributed by atoms with Gasteiger partial charge in [-0.25, -0.2) is 0 Å². The molecule has 1 aromatic carbocycles. The Morgan fingerprint density at radius 2 is 1.72 bits per heavy atom. The Morgan fingerprint density at radius 3 is 2.33 bits per heavy atom. The van der Waals surface area contributed by atoms with Gasteiger partial charge in [0.1, 0.15) is 5.69 Å². The van der Waals surface area contributed by atoms with Crippen LogP contribution in [-0.2, 0) is 12.5 Å². The van der Waals surface area contributed by atoms with E-state index in [9.17, 15) is 4.79 Å². The predicted octanol–water partition coefficient (Wildman–Crippen LogP) is 2.93. The van der Waals surface area contributed by atoms with E-state index in [2.05, 4.69) is 25.9 Å². The Hall–Kier alpha value is -1.90. The molecule has 3 heteroatoms. The topological polar surface area (TPSA) is 34.9 Å². The molecule has 0 radical (unpaired) electrons. The first-order valence-corrected chi connectivity index (χ1v) is 6.13. The van der Waals surface area contributed by atoms with Crippen molar-refractivity contribution in [2.75, 3.05) is 0 Å². The quantitative estimate of drug-likeness (QED) is 0.605. The molecule has 0 aliphatic heterocycles. The molecule has 1 aliphatic rings. The SMILES string of the molecule is Cn1nc2c(c1C(C)(C)C)C(=O)c1ccccc1-2. The molecule has 3 nitrogen and oxygen atoms in total. The van der Waals surface area contributed by atoms with Gasteiger partial charge in [-0.2, -0.15) is 5.10 Å². The van der Waals surface area contributed by atoms with Crippen LogP contribution in [0.25, 0.3) is 11.3 Å². The van der Waals surface area contributed by atoms with Crippen LogP contribution >= 0.6 is 0 Å². The van der Waals surface area contributed by atoms with Crippen LogP contribution in [0.4, 0.5) is 0 Å². The van der Waals surface area contributed by atoms with Crippen molar-refractivity contribution in [1.82, 2.24) is 9.78 Å². The Labute approximate surface area is 106 Å². The van der Waals surface area contributed by atoms with Crippen LogP contribution in [0, 0.1) is 0 Å². The number of hydrogen-bond acceptors (Lipinski definition) is 2. The number of aromatic nitrogens is 2. The van der Waals surface area contributed by atoms with Gasteiger partial charge >= 0.3 is 0 Å². The molecule has 92 valence electrons. The van der Waals surface area contributed by atoms with E-state index in [4.69, 9.17) is 0 Å². The van der Waals surface area contributed by atoms with Crippen LogP contribution in [-0.4, -0.2) is 15.6 Å². The van der Waals surface area contributed by atoms with Gasteiger partial charge < -0.3 is 0 Å². The van der Waals surface area contributed by atoms with Gasteiger partial charge in [-0.05, 0) is 0 Å². The summed E-state index contributed by atoms with van der Waals surface area (Å²) in [5, 5.41) is 4.55. The van der Waals surface area contributed by atoms with E-state index < -0.39 is 0 Å². The summed E-state index contributed by atoms with van der Waals surface area (Å²) in [6, 6.07) is 7.70. The van der Waals surface area contributed by atoms with Crippen molar-refractivity contribution in [2.45, 2.75) is 26.2 Å². The summed E-state index contributed by atoms with van der Waals surface area (Å²) < 4.78 is 1.85. The number of aryl methyl sites for hydroxylation is 1. The molecule has 0 spiro atoms. The molecule has 0 saturated heterocycles. The zero-order valence-corrected chi connectivity index (χ0v) is 11.1. The summed E-state index contributed by atoms with van der Waals surface area (Å²) in [5.41, 5.74) is 4.28. The maximum Gasteiger partial charge on any atom is 0.197 e. The highest BCUT2D eigenvalue weighted by atomic mass is 16.1. The fraction of sp³-hybridized carbons (Fsp3) is 0.333. The Bertz CT molecular complexity index is 660. The lowest BCUT2D eigenvalue weighted by atomic mass is 9.88.